The van der Waals surface area contributed by atoms with Crippen molar-refractivity contribution in [2.24, 2.45) is 0 Å². The van der Waals surface area contributed by atoms with E-state index in [1.54, 1.807) is 24.1 Å². The molecule has 4 N–H and O–H groups in total. The Bertz CT molecular complexity index is 393. The molecule has 16 heavy (non-hydrogen) atoms. The number of carboxylic acids is 1. The van der Waals surface area contributed by atoms with Crippen molar-refractivity contribution in [3.63, 3.8) is 0 Å². The molecule has 1 aromatic carbocycles. The maximum absolute atomic E-state index is 11.0. The second-order valence-electron chi connectivity index (χ2n) is 3.72. The van der Waals surface area contributed by atoms with Gasteiger partial charge in [-0.05, 0) is 25.1 Å². The summed E-state index contributed by atoms with van der Waals surface area (Å²) in [6.07, 6.45) is 0. The van der Waals surface area contributed by atoms with Gasteiger partial charge in [-0.15, -0.1) is 0 Å². The van der Waals surface area contributed by atoms with Crippen LogP contribution >= 0.6 is 0 Å². The van der Waals surface area contributed by atoms with Gasteiger partial charge in [-0.3, -0.25) is 0 Å². The maximum Gasteiger partial charge on any atom is 0.337 e. The average Bonchev–Trinajstić information content (AvgIpc) is 2.26. The Morgan fingerprint density at radius 3 is 2.69 bits per heavy atom. The van der Waals surface area contributed by atoms with Crippen LogP contribution in [0.1, 0.15) is 17.3 Å². The van der Waals surface area contributed by atoms with Crippen LogP contribution < -0.4 is 10.6 Å². The van der Waals surface area contributed by atoms with Crippen LogP contribution in [0.15, 0.2) is 18.2 Å². The first kappa shape index (κ1) is 12.3. The summed E-state index contributed by atoms with van der Waals surface area (Å²) in [5, 5.41) is 18.1. The molecule has 0 spiro atoms. The van der Waals surface area contributed by atoms with Crippen LogP contribution in [0.25, 0.3) is 0 Å². The van der Waals surface area contributed by atoms with E-state index in [1.165, 1.54) is 6.07 Å². The molecule has 0 aliphatic carbocycles. The molecule has 5 heteroatoms. The third-order valence-corrected chi connectivity index (χ3v) is 2.56. The number of nitrogens with zero attached hydrogens (tertiary/aromatic N) is 1. The van der Waals surface area contributed by atoms with Crippen LogP contribution in [-0.4, -0.2) is 35.9 Å². The minimum absolute atomic E-state index is 0.0417. The van der Waals surface area contributed by atoms with Gasteiger partial charge in [0.1, 0.15) is 0 Å². The quantitative estimate of drug-likeness (QED) is 0.658. The maximum atomic E-state index is 11.0. The number of aliphatic hydroxyl groups is 1. The molecular formula is C11H16N2O3. The number of carboxylic acid groups (broad SMARTS) is 1. The zero-order chi connectivity index (χ0) is 12.3. The predicted octanol–water partition coefficient (Wildman–Crippen LogP) is 0.784. The summed E-state index contributed by atoms with van der Waals surface area (Å²) in [6.45, 7) is 1.77. The molecule has 1 atom stereocenters. The molecule has 0 amide bonds. The number of likely N-dealkylation sites (N-methyl/N-ethyl adjacent to an activating group) is 1. The van der Waals surface area contributed by atoms with Crippen molar-refractivity contribution < 1.29 is 15.0 Å². The van der Waals surface area contributed by atoms with Gasteiger partial charge in [-0.2, -0.15) is 0 Å². The lowest BCUT2D eigenvalue weighted by molar-refractivity contribution is 0.0697. The van der Waals surface area contributed by atoms with Crippen LogP contribution in [0.3, 0.4) is 0 Å². The van der Waals surface area contributed by atoms with E-state index in [0.29, 0.717) is 11.4 Å². The van der Waals surface area contributed by atoms with E-state index in [0.717, 1.165) is 0 Å². The summed E-state index contributed by atoms with van der Waals surface area (Å²) >= 11 is 0. The summed E-state index contributed by atoms with van der Waals surface area (Å²) in [5.41, 5.74) is 6.64. The highest BCUT2D eigenvalue weighted by molar-refractivity contribution is 5.95. The lowest BCUT2D eigenvalue weighted by Crippen LogP contribution is -2.33. The lowest BCUT2D eigenvalue weighted by Gasteiger charge is -2.26. The number of benzene rings is 1. The highest BCUT2D eigenvalue weighted by Crippen LogP contribution is 2.23. The molecule has 0 saturated carbocycles. The number of aromatic carboxylic acids is 1. The Kier molecular flexibility index (Phi) is 3.73. The molecule has 5 nitrogen and oxygen atoms in total. The number of carbonyl (C=O) groups is 1. The zero-order valence-corrected chi connectivity index (χ0v) is 9.34. The zero-order valence-electron chi connectivity index (χ0n) is 9.34. The normalized spacial score (nSPS) is 12.2. The number of anilines is 2. The Balaban J connectivity index is 3.17. The second-order valence-corrected chi connectivity index (χ2v) is 3.72. The molecular weight excluding hydrogens is 208 g/mol. The first-order valence-corrected chi connectivity index (χ1v) is 4.94. The van der Waals surface area contributed by atoms with Crippen molar-refractivity contribution in [2.45, 2.75) is 13.0 Å². The fourth-order valence-electron chi connectivity index (χ4n) is 1.39. The highest BCUT2D eigenvalue weighted by atomic mass is 16.4. The van der Waals surface area contributed by atoms with E-state index < -0.39 is 5.97 Å². The van der Waals surface area contributed by atoms with Crippen molar-refractivity contribution in [1.29, 1.82) is 0 Å². The number of hydrogen-bond donors (Lipinski definition) is 3. The van der Waals surface area contributed by atoms with Crippen molar-refractivity contribution in [3.05, 3.63) is 23.8 Å². The molecule has 88 valence electrons. The molecule has 0 radical (unpaired) electrons. The van der Waals surface area contributed by atoms with E-state index >= 15 is 0 Å². The number of nitrogen functional groups attached to an aromatic ring is 1. The minimum Gasteiger partial charge on any atom is -0.478 e. The Hall–Kier alpha value is -1.75. The van der Waals surface area contributed by atoms with Crippen LogP contribution in [0.2, 0.25) is 0 Å². The van der Waals surface area contributed by atoms with E-state index in [2.05, 4.69) is 0 Å². The summed E-state index contributed by atoms with van der Waals surface area (Å²) < 4.78 is 0. The number of rotatable bonds is 4. The van der Waals surface area contributed by atoms with Gasteiger partial charge in [0.25, 0.3) is 0 Å². The van der Waals surface area contributed by atoms with Crippen LogP contribution in [0.5, 0.6) is 0 Å². The second kappa shape index (κ2) is 4.85. The smallest absolute Gasteiger partial charge is 0.337 e. The highest BCUT2D eigenvalue weighted by Gasteiger charge is 2.17. The first-order chi connectivity index (χ1) is 7.47. The molecule has 0 saturated heterocycles. The van der Waals surface area contributed by atoms with E-state index in [1.807, 2.05) is 6.92 Å². The lowest BCUT2D eigenvalue weighted by atomic mass is 10.1. The van der Waals surface area contributed by atoms with Crippen molar-refractivity contribution in [3.8, 4) is 0 Å². The largest absolute Gasteiger partial charge is 0.478 e. The van der Waals surface area contributed by atoms with Gasteiger partial charge in [-0.1, -0.05) is 0 Å². The molecule has 1 aromatic rings. The van der Waals surface area contributed by atoms with Gasteiger partial charge in [0.15, 0.2) is 0 Å². The first-order valence-electron chi connectivity index (χ1n) is 4.94. The molecule has 1 rings (SSSR count). The van der Waals surface area contributed by atoms with E-state index in [4.69, 9.17) is 15.9 Å². The number of hydrogen-bond acceptors (Lipinski definition) is 4. The SMILES string of the molecule is CC(CO)N(C)c1ccc(N)cc1C(=O)O. The monoisotopic (exact) mass is 224 g/mol. The Labute approximate surface area is 94.1 Å². The summed E-state index contributed by atoms with van der Waals surface area (Å²) in [4.78, 5) is 12.8. The van der Waals surface area contributed by atoms with Crippen LogP contribution in [0, 0.1) is 0 Å². The third-order valence-electron chi connectivity index (χ3n) is 2.56. The molecule has 0 bridgehead atoms. The van der Waals surface area contributed by atoms with Gasteiger partial charge in [0.05, 0.1) is 17.9 Å². The van der Waals surface area contributed by atoms with Crippen molar-refractivity contribution >= 4 is 17.3 Å². The molecule has 0 aliphatic heterocycles. The molecule has 0 heterocycles. The average molecular weight is 224 g/mol. The fraction of sp³-hybridized carbons (Fsp3) is 0.364. The minimum atomic E-state index is -1.03. The van der Waals surface area contributed by atoms with Crippen molar-refractivity contribution in [2.75, 3.05) is 24.3 Å². The van der Waals surface area contributed by atoms with Gasteiger partial charge in [0, 0.05) is 18.8 Å². The third kappa shape index (κ3) is 2.43. The van der Waals surface area contributed by atoms with Crippen LogP contribution in [0.4, 0.5) is 11.4 Å². The summed E-state index contributed by atoms with van der Waals surface area (Å²) in [5.74, 6) is -1.03. The molecule has 0 aromatic heterocycles. The van der Waals surface area contributed by atoms with Crippen molar-refractivity contribution in [1.82, 2.24) is 0 Å². The Morgan fingerprint density at radius 2 is 2.19 bits per heavy atom. The Morgan fingerprint density at radius 1 is 1.56 bits per heavy atom. The van der Waals surface area contributed by atoms with Gasteiger partial charge in [-0.25, -0.2) is 4.79 Å². The van der Waals surface area contributed by atoms with Crippen LogP contribution in [-0.2, 0) is 0 Å². The fourth-order valence-corrected chi connectivity index (χ4v) is 1.39. The number of nitrogens with two attached hydrogens (primary N) is 1. The molecule has 0 fully saturated rings. The van der Waals surface area contributed by atoms with E-state index in [9.17, 15) is 4.79 Å². The standard InChI is InChI=1S/C11H16N2O3/c1-7(6-14)13(2)10-4-3-8(12)5-9(10)11(15)16/h3-5,7,14H,6,12H2,1-2H3,(H,15,16). The molecule has 1 unspecified atom stereocenters. The number of aliphatic hydroxyl groups excluding tert-OH is 1. The van der Waals surface area contributed by atoms with Gasteiger partial charge in [0.2, 0.25) is 0 Å². The molecule has 0 aliphatic rings. The topological polar surface area (TPSA) is 86.8 Å². The summed E-state index contributed by atoms with van der Waals surface area (Å²) in [6, 6.07) is 4.55. The van der Waals surface area contributed by atoms with Gasteiger partial charge < -0.3 is 20.8 Å². The predicted molar refractivity (Wildman–Crippen MR) is 62.8 cm³/mol. The van der Waals surface area contributed by atoms with E-state index in [-0.39, 0.29) is 18.2 Å². The summed E-state index contributed by atoms with van der Waals surface area (Å²) in [7, 11) is 1.73. The van der Waals surface area contributed by atoms with Gasteiger partial charge >= 0.3 is 5.97 Å².